The highest BCUT2D eigenvalue weighted by atomic mass is 32.2. The number of aliphatic imine (C=N–C) groups is 1. The average molecular weight is 618 g/mol. The number of rotatable bonds is 11. The molecule has 0 bridgehead atoms. The molecule has 1 atom stereocenters. The zero-order chi connectivity index (χ0) is 30.7. The monoisotopic (exact) mass is 617 g/mol. The van der Waals surface area contributed by atoms with Gasteiger partial charge in [0.05, 0.1) is 25.1 Å². The number of carbonyl (C=O) groups is 1. The van der Waals surface area contributed by atoms with E-state index in [0.29, 0.717) is 5.75 Å². The molecule has 1 amide bonds. The molecule has 15 heteroatoms. The Bertz CT molecular complexity index is 1440. The van der Waals surface area contributed by atoms with Gasteiger partial charge in [-0.1, -0.05) is 6.07 Å². The van der Waals surface area contributed by atoms with Gasteiger partial charge in [-0.3, -0.25) is 9.79 Å². The molecule has 1 spiro atoms. The molecule has 2 aliphatic rings. The Morgan fingerprint density at radius 1 is 1.17 bits per heavy atom. The van der Waals surface area contributed by atoms with Crippen molar-refractivity contribution in [1.29, 1.82) is 0 Å². The zero-order valence-corrected chi connectivity index (χ0v) is 23.5. The third-order valence-corrected chi connectivity index (χ3v) is 9.10. The molecular formula is C27H31F4N3O7S. The van der Waals surface area contributed by atoms with Crippen molar-refractivity contribution in [2.24, 2.45) is 4.99 Å². The van der Waals surface area contributed by atoms with Gasteiger partial charge in [0, 0.05) is 25.1 Å². The largest absolute Gasteiger partial charge is 0.573 e. The van der Waals surface area contributed by atoms with E-state index in [1.54, 1.807) is 18.2 Å². The molecule has 42 heavy (non-hydrogen) atoms. The predicted molar refractivity (Wildman–Crippen MR) is 143 cm³/mol. The fourth-order valence-electron chi connectivity index (χ4n) is 4.79. The maximum atomic E-state index is 13.8. The maximum Gasteiger partial charge on any atom is 0.573 e. The Morgan fingerprint density at radius 2 is 1.88 bits per heavy atom. The summed E-state index contributed by atoms with van der Waals surface area (Å²) in [6, 6.07) is 7.98. The van der Waals surface area contributed by atoms with Crippen molar-refractivity contribution in [3.63, 3.8) is 0 Å². The Balaban J connectivity index is 1.36. The highest BCUT2D eigenvalue weighted by molar-refractivity contribution is 7.89. The lowest BCUT2D eigenvalue weighted by Gasteiger charge is -2.34. The molecule has 0 aliphatic carbocycles. The highest BCUT2D eigenvalue weighted by Gasteiger charge is 2.47. The maximum absolute atomic E-state index is 13.8. The van der Waals surface area contributed by atoms with Gasteiger partial charge in [-0.05, 0) is 67.6 Å². The van der Waals surface area contributed by atoms with E-state index < -0.39 is 45.5 Å². The number of hydrogen-bond donors (Lipinski definition) is 3. The number of halogens is 4. The summed E-state index contributed by atoms with van der Waals surface area (Å²) in [4.78, 5) is 17.2. The minimum atomic E-state index is -5.11. The number of aryl methyl sites for hydroxylation is 2. The number of amides is 1. The number of ether oxygens (including phenoxy) is 2. The number of nitrogens with zero attached hydrogens (tertiary/aromatic N) is 2. The van der Waals surface area contributed by atoms with Gasteiger partial charge in [-0.2, -0.15) is 0 Å². The molecule has 2 heterocycles. The summed E-state index contributed by atoms with van der Waals surface area (Å²) in [7, 11) is -3.69. The first-order valence-corrected chi connectivity index (χ1v) is 14.8. The van der Waals surface area contributed by atoms with Crippen molar-refractivity contribution >= 4 is 21.8 Å². The smallest absolute Gasteiger partial charge is 0.493 e. The SMILES string of the molecule is Cc1cc(OCCC(O)CO)ccc1CCS(=O)(=O)N1CCC2(CC1)N=C(c1ccc(F)c(OC(F)(F)F)c1)NC2=O. The molecule has 1 saturated heterocycles. The molecule has 3 N–H and O–H groups in total. The Labute approximate surface area is 240 Å². The van der Waals surface area contributed by atoms with Gasteiger partial charge in [0.25, 0.3) is 5.91 Å². The summed E-state index contributed by atoms with van der Waals surface area (Å²) in [6.45, 7) is 1.73. The summed E-state index contributed by atoms with van der Waals surface area (Å²) in [5, 5.41) is 20.8. The van der Waals surface area contributed by atoms with Crippen LogP contribution < -0.4 is 14.8 Å². The second-order valence-electron chi connectivity index (χ2n) is 10.2. The molecule has 2 aromatic carbocycles. The Morgan fingerprint density at radius 3 is 2.52 bits per heavy atom. The molecule has 230 valence electrons. The van der Waals surface area contributed by atoms with Crippen molar-refractivity contribution in [2.75, 3.05) is 32.1 Å². The third kappa shape index (κ3) is 7.56. The molecular weight excluding hydrogens is 586 g/mol. The van der Waals surface area contributed by atoms with E-state index in [1.807, 2.05) is 6.92 Å². The van der Waals surface area contributed by atoms with Crippen LogP contribution in [-0.4, -0.2) is 84.7 Å². The van der Waals surface area contributed by atoms with E-state index in [2.05, 4.69) is 15.0 Å². The molecule has 0 radical (unpaired) electrons. The average Bonchev–Trinajstić information content (AvgIpc) is 3.23. The van der Waals surface area contributed by atoms with Crippen molar-refractivity contribution < 1.29 is 50.5 Å². The van der Waals surface area contributed by atoms with Crippen LogP contribution in [0.1, 0.15) is 36.0 Å². The molecule has 1 unspecified atom stereocenters. The summed E-state index contributed by atoms with van der Waals surface area (Å²) in [6.07, 6.45) is -5.33. The van der Waals surface area contributed by atoms with Crippen LogP contribution in [0.25, 0.3) is 0 Å². The topological polar surface area (TPSA) is 138 Å². The first-order valence-electron chi connectivity index (χ1n) is 13.2. The van der Waals surface area contributed by atoms with E-state index >= 15 is 0 Å². The number of aliphatic hydroxyl groups is 2. The van der Waals surface area contributed by atoms with Crippen molar-refractivity contribution in [2.45, 2.75) is 50.6 Å². The van der Waals surface area contributed by atoms with E-state index in [0.717, 1.165) is 23.3 Å². The van der Waals surface area contributed by atoms with Crippen molar-refractivity contribution in [3.05, 3.63) is 58.9 Å². The number of piperidine rings is 1. The van der Waals surface area contributed by atoms with E-state index in [1.165, 1.54) is 10.4 Å². The zero-order valence-electron chi connectivity index (χ0n) is 22.7. The lowest BCUT2D eigenvalue weighted by Crippen LogP contribution is -2.50. The molecule has 0 saturated carbocycles. The van der Waals surface area contributed by atoms with Crippen LogP contribution >= 0.6 is 0 Å². The standard InChI is InChI=1S/C27H31F4N3O7S/c1-17-14-21(40-12-6-20(36)16-35)4-2-18(17)7-13-42(38,39)34-10-8-26(9-11-34)25(37)32-24(33-26)19-3-5-22(28)23(15-19)41-27(29,30)31/h2-5,14-15,20,35-36H,6-13,16H2,1H3,(H,32,33,37). The molecule has 4 rings (SSSR count). The first-order chi connectivity index (χ1) is 19.7. The van der Waals surface area contributed by atoms with Gasteiger partial charge in [0.1, 0.15) is 17.1 Å². The van der Waals surface area contributed by atoms with Crippen LogP contribution in [0.4, 0.5) is 17.6 Å². The molecule has 2 aliphatic heterocycles. The number of nitrogens with one attached hydrogen (secondary N) is 1. The van der Waals surface area contributed by atoms with Crippen LogP contribution in [0.3, 0.4) is 0 Å². The van der Waals surface area contributed by atoms with Crippen LogP contribution in [0.2, 0.25) is 0 Å². The second-order valence-corrected chi connectivity index (χ2v) is 12.3. The first kappa shape index (κ1) is 31.7. The lowest BCUT2D eigenvalue weighted by atomic mass is 9.89. The van der Waals surface area contributed by atoms with Crippen LogP contribution in [0.15, 0.2) is 41.4 Å². The van der Waals surface area contributed by atoms with Gasteiger partial charge in [0.2, 0.25) is 10.0 Å². The number of amidine groups is 1. The Kier molecular flexibility index (Phi) is 9.45. The fraction of sp³-hybridized carbons (Fsp3) is 0.481. The number of benzene rings is 2. The quantitative estimate of drug-likeness (QED) is 0.330. The normalized spacial score (nSPS) is 18.1. The number of hydrogen-bond acceptors (Lipinski definition) is 8. The van der Waals surface area contributed by atoms with Gasteiger partial charge in [-0.25, -0.2) is 17.1 Å². The minimum Gasteiger partial charge on any atom is -0.493 e. The summed E-state index contributed by atoms with van der Waals surface area (Å²) >= 11 is 0. The number of alkyl halides is 3. The van der Waals surface area contributed by atoms with Crippen molar-refractivity contribution in [3.8, 4) is 11.5 Å². The van der Waals surface area contributed by atoms with Gasteiger partial charge < -0.3 is 25.0 Å². The van der Waals surface area contributed by atoms with Gasteiger partial charge in [-0.15, -0.1) is 13.2 Å². The van der Waals surface area contributed by atoms with Crippen LogP contribution in [-0.2, 0) is 21.2 Å². The number of carbonyl (C=O) groups excluding carboxylic acids is 1. The summed E-state index contributed by atoms with van der Waals surface area (Å²) in [5.74, 6) is -2.46. The number of aliphatic hydroxyl groups excluding tert-OH is 2. The van der Waals surface area contributed by atoms with E-state index in [4.69, 9.17) is 9.84 Å². The molecule has 10 nitrogen and oxygen atoms in total. The van der Waals surface area contributed by atoms with E-state index in [-0.39, 0.29) is 69.1 Å². The van der Waals surface area contributed by atoms with E-state index in [9.17, 15) is 35.9 Å². The summed E-state index contributed by atoms with van der Waals surface area (Å²) < 4.78 is 88.4. The van der Waals surface area contributed by atoms with Crippen LogP contribution in [0, 0.1) is 12.7 Å². The van der Waals surface area contributed by atoms with Gasteiger partial charge in [0.15, 0.2) is 11.6 Å². The second kappa shape index (κ2) is 12.5. The molecule has 0 aromatic heterocycles. The van der Waals surface area contributed by atoms with Crippen molar-refractivity contribution in [1.82, 2.24) is 9.62 Å². The Hall–Kier alpha value is -3.27. The number of sulfonamides is 1. The summed E-state index contributed by atoms with van der Waals surface area (Å²) in [5.41, 5.74) is 0.371. The predicted octanol–water partition coefficient (Wildman–Crippen LogP) is 2.44. The molecule has 1 fully saturated rings. The highest BCUT2D eigenvalue weighted by Crippen LogP contribution is 2.33. The fourth-order valence-corrected chi connectivity index (χ4v) is 6.27. The minimum absolute atomic E-state index is 0.0177. The molecule has 2 aromatic rings. The van der Waals surface area contributed by atoms with Crippen LogP contribution in [0.5, 0.6) is 11.5 Å². The lowest BCUT2D eigenvalue weighted by molar-refractivity contribution is -0.275. The third-order valence-electron chi connectivity index (χ3n) is 7.23. The van der Waals surface area contributed by atoms with Gasteiger partial charge >= 0.3 is 6.36 Å².